The van der Waals surface area contributed by atoms with E-state index in [0.29, 0.717) is 5.56 Å². The van der Waals surface area contributed by atoms with Gasteiger partial charge in [0.05, 0.1) is 22.6 Å². The summed E-state index contributed by atoms with van der Waals surface area (Å²) in [7, 11) is 0. The fraction of sp³-hybridized carbons (Fsp3) is 0.304. The Morgan fingerprint density at radius 1 is 1.04 bits per heavy atom. The number of benzene rings is 2. The lowest BCUT2D eigenvalue weighted by molar-refractivity contribution is 0.102. The molecule has 0 radical (unpaired) electrons. The van der Waals surface area contributed by atoms with E-state index in [1.807, 2.05) is 67.1 Å². The first kappa shape index (κ1) is 19.8. The largest absolute Gasteiger partial charge is 0.322 e. The van der Waals surface area contributed by atoms with Crippen LogP contribution in [0.3, 0.4) is 0 Å². The van der Waals surface area contributed by atoms with Gasteiger partial charge in [0.1, 0.15) is 0 Å². The fourth-order valence-corrected chi connectivity index (χ4v) is 3.44. The van der Waals surface area contributed by atoms with E-state index in [1.54, 1.807) is 0 Å². The van der Waals surface area contributed by atoms with Crippen LogP contribution in [0.15, 0.2) is 54.6 Å². The van der Waals surface area contributed by atoms with Crippen LogP contribution in [0.2, 0.25) is 0 Å². The molecule has 2 aromatic carbocycles. The topological polar surface area (TPSA) is 50.2 Å². The molecule has 3 rings (SSSR count). The number of anilines is 1. The van der Waals surface area contributed by atoms with Crippen molar-refractivity contribution in [2.24, 2.45) is 0 Å². The van der Waals surface area contributed by atoms with Crippen LogP contribution in [0.25, 0.3) is 5.69 Å². The first-order chi connectivity index (χ1) is 13.5. The molecule has 1 aromatic heterocycles. The molecule has 0 aliphatic heterocycles. The number of nitrogens with zero attached hydrogens (tertiary/aromatic N) is 3. The summed E-state index contributed by atoms with van der Waals surface area (Å²) >= 11 is 0. The summed E-state index contributed by atoms with van der Waals surface area (Å²) in [5, 5.41) is 7.61. The normalized spacial score (nSPS) is 11.0. The molecule has 0 atom stereocenters. The number of carbonyl (C=O) groups excluding carboxylic acids is 1. The zero-order valence-corrected chi connectivity index (χ0v) is 17.1. The Morgan fingerprint density at radius 3 is 2.43 bits per heavy atom. The zero-order chi connectivity index (χ0) is 20.1. The van der Waals surface area contributed by atoms with Crippen molar-refractivity contribution in [3.8, 4) is 5.69 Å². The molecule has 146 valence electrons. The molecular weight excluding hydrogens is 348 g/mol. The molecule has 0 aliphatic rings. The van der Waals surface area contributed by atoms with Gasteiger partial charge in [0.25, 0.3) is 5.91 Å². The van der Waals surface area contributed by atoms with Gasteiger partial charge in [-0.05, 0) is 56.8 Å². The average molecular weight is 377 g/mol. The van der Waals surface area contributed by atoms with Gasteiger partial charge in [0.2, 0.25) is 0 Å². The van der Waals surface area contributed by atoms with Crippen molar-refractivity contribution in [2.75, 3.05) is 18.4 Å². The van der Waals surface area contributed by atoms with Crippen molar-refractivity contribution >= 4 is 11.6 Å². The Balaban J connectivity index is 1.82. The minimum atomic E-state index is -0.128. The third kappa shape index (κ3) is 4.31. The molecule has 3 aromatic rings. The van der Waals surface area contributed by atoms with Gasteiger partial charge in [-0.25, -0.2) is 4.68 Å². The molecule has 5 heteroatoms. The van der Waals surface area contributed by atoms with Crippen molar-refractivity contribution < 1.29 is 4.79 Å². The fourth-order valence-electron chi connectivity index (χ4n) is 3.44. The average Bonchev–Trinajstić information content (AvgIpc) is 3.01. The molecule has 0 aliphatic carbocycles. The van der Waals surface area contributed by atoms with Crippen molar-refractivity contribution in [1.82, 2.24) is 14.7 Å². The highest BCUT2D eigenvalue weighted by molar-refractivity contribution is 6.06. The summed E-state index contributed by atoms with van der Waals surface area (Å²) in [6.07, 6.45) is 0. The summed E-state index contributed by atoms with van der Waals surface area (Å²) < 4.78 is 1.82. The summed E-state index contributed by atoms with van der Waals surface area (Å²) in [4.78, 5) is 15.3. The summed E-state index contributed by atoms with van der Waals surface area (Å²) in [6.45, 7) is 11.0. The first-order valence-corrected chi connectivity index (χ1v) is 9.77. The number of nitrogens with one attached hydrogen (secondary N) is 1. The van der Waals surface area contributed by atoms with Crippen LogP contribution in [0.4, 0.5) is 5.69 Å². The number of hydrogen-bond acceptors (Lipinski definition) is 3. The van der Waals surface area contributed by atoms with Crippen LogP contribution in [-0.2, 0) is 6.54 Å². The van der Waals surface area contributed by atoms with Crippen LogP contribution in [0.5, 0.6) is 0 Å². The molecule has 0 bridgehead atoms. The van der Waals surface area contributed by atoms with Crippen LogP contribution < -0.4 is 5.32 Å². The van der Waals surface area contributed by atoms with Crippen molar-refractivity contribution in [3.05, 3.63) is 77.1 Å². The summed E-state index contributed by atoms with van der Waals surface area (Å²) in [5.41, 5.74) is 5.12. The molecular formula is C23H28N4O. The van der Waals surface area contributed by atoms with Crippen LogP contribution >= 0.6 is 0 Å². The lowest BCUT2D eigenvalue weighted by Gasteiger charge is -2.18. The SMILES string of the molecule is CCN(CC)Cc1cccc(NC(=O)c2c(C)nn(-c3ccccc3)c2C)c1. The van der Waals surface area contributed by atoms with Gasteiger partial charge < -0.3 is 5.32 Å². The molecule has 1 N–H and O–H groups in total. The number of carbonyl (C=O) groups is 1. The molecule has 0 spiro atoms. The Kier molecular flexibility index (Phi) is 6.26. The molecule has 1 amide bonds. The monoisotopic (exact) mass is 376 g/mol. The van der Waals surface area contributed by atoms with Crippen LogP contribution in [0.1, 0.15) is 41.2 Å². The van der Waals surface area contributed by atoms with Crippen LogP contribution in [0, 0.1) is 13.8 Å². The maximum Gasteiger partial charge on any atom is 0.259 e. The van der Waals surface area contributed by atoms with Gasteiger partial charge in [-0.3, -0.25) is 9.69 Å². The second kappa shape index (κ2) is 8.85. The number of aromatic nitrogens is 2. The van der Waals surface area contributed by atoms with E-state index < -0.39 is 0 Å². The molecule has 1 heterocycles. The number of rotatable bonds is 7. The molecule has 0 saturated carbocycles. The Labute approximate surface area is 167 Å². The molecule has 0 fully saturated rings. The number of aryl methyl sites for hydroxylation is 1. The van der Waals surface area contributed by atoms with E-state index in [4.69, 9.17) is 0 Å². The zero-order valence-electron chi connectivity index (χ0n) is 17.1. The minimum absolute atomic E-state index is 0.128. The quantitative estimate of drug-likeness (QED) is 0.656. The predicted octanol–water partition coefficient (Wildman–Crippen LogP) is 4.58. The van der Waals surface area contributed by atoms with Gasteiger partial charge in [-0.15, -0.1) is 0 Å². The van der Waals surface area contributed by atoms with Gasteiger partial charge in [-0.1, -0.05) is 44.2 Å². The van der Waals surface area contributed by atoms with Crippen LogP contribution in [-0.4, -0.2) is 33.7 Å². The van der Waals surface area contributed by atoms with Gasteiger partial charge in [0, 0.05) is 12.2 Å². The maximum atomic E-state index is 13.0. The molecule has 28 heavy (non-hydrogen) atoms. The van der Waals surface area contributed by atoms with Crippen molar-refractivity contribution in [2.45, 2.75) is 34.2 Å². The van der Waals surface area contributed by atoms with E-state index in [2.05, 4.69) is 35.2 Å². The smallest absolute Gasteiger partial charge is 0.259 e. The van der Waals surface area contributed by atoms with E-state index in [1.165, 1.54) is 5.56 Å². The molecule has 5 nitrogen and oxygen atoms in total. The van der Waals surface area contributed by atoms with Gasteiger partial charge in [0.15, 0.2) is 0 Å². The number of para-hydroxylation sites is 1. The highest BCUT2D eigenvalue weighted by atomic mass is 16.1. The van der Waals surface area contributed by atoms with Gasteiger partial charge >= 0.3 is 0 Å². The predicted molar refractivity (Wildman–Crippen MR) is 114 cm³/mol. The number of amides is 1. The Bertz CT molecular complexity index is 942. The van der Waals surface area contributed by atoms with Crippen molar-refractivity contribution in [1.29, 1.82) is 0 Å². The third-order valence-corrected chi connectivity index (χ3v) is 5.00. The van der Waals surface area contributed by atoms with E-state index >= 15 is 0 Å². The summed E-state index contributed by atoms with van der Waals surface area (Å²) in [5.74, 6) is -0.128. The van der Waals surface area contributed by atoms with E-state index in [9.17, 15) is 4.79 Å². The lowest BCUT2D eigenvalue weighted by atomic mass is 10.1. The second-order valence-electron chi connectivity index (χ2n) is 6.91. The number of hydrogen-bond donors (Lipinski definition) is 1. The van der Waals surface area contributed by atoms with E-state index in [-0.39, 0.29) is 5.91 Å². The molecule has 0 saturated heterocycles. The second-order valence-corrected chi connectivity index (χ2v) is 6.91. The first-order valence-electron chi connectivity index (χ1n) is 9.77. The Hall–Kier alpha value is -2.92. The highest BCUT2D eigenvalue weighted by Crippen LogP contribution is 2.20. The summed E-state index contributed by atoms with van der Waals surface area (Å²) in [6, 6.07) is 17.9. The van der Waals surface area contributed by atoms with Crippen molar-refractivity contribution in [3.63, 3.8) is 0 Å². The standard InChI is InChI=1S/C23H28N4O/c1-5-26(6-2)16-19-11-10-12-20(15-19)24-23(28)22-17(3)25-27(18(22)4)21-13-8-7-9-14-21/h7-15H,5-6,16H2,1-4H3,(H,24,28). The minimum Gasteiger partial charge on any atom is -0.322 e. The lowest BCUT2D eigenvalue weighted by Crippen LogP contribution is -2.22. The third-order valence-electron chi connectivity index (χ3n) is 5.00. The highest BCUT2D eigenvalue weighted by Gasteiger charge is 2.19. The molecule has 0 unspecified atom stereocenters. The van der Waals surface area contributed by atoms with Gasteiger partial charge in [-0.2, -0.15) is 5.10 Å². The van der Waals surface area contributed by atoms with E-state index in [0.717, 1.165) is 42.4 Å². The maximum absolute atomic E-state index is 13.0. The Morgan fingerprint density at radius 2 is 1.75 bits per heavy atom.